The topological polar surface area (TPSA) is 29.4 Å². The molecule has 0 aliphatic carbocycles. The van der Waals surface area contributed by atoms with E-state index >= 15 is 0 Å². The smallest absolute Gasteiger partial charge is 0.0594 e. The number of hydrogen-bond acceptors (Lipinski definition) is 3. The summed E-state index contributed by atoms with van der Waals surface area (Å²) in [4.78, 5) is 2.49. The fourth-order valence-corrected chi connectivity index (χ4v) is 4.11. The molecule has 2 heterocycles. The first kappa shape index (κ1) is 19.5. The van der Waals surface area contributed by atoms with Gasteiger partial charge < -0.3 is 14.6 Å². The third-order valence-electron chi connectivity index (χ3n) is 5.36. The standard InChI is InChI=1S/C23H28ClN3O/c24-21-6-3-5-19(15-21)17-27-18-20(22-7-1-2-8-23(22)27)16-25-9-4-10-26-11-13-28-14-12-26/h1-3,5-8,15,18,25H,4,9-14,16-17H2. The molecular weight excluding hydrogens is 370 g/mol. The molecule has 0 amide bonds. The van der Waals surface area contributed by atoms with Crippen molar-refractivity contribution in [2.24, 2.45) is 0 Å². The molecule has 0 bridgehead atoms. The number of nitrogens with one attached hydrogen (secondary N) is 1. The van der Waals surface area contributed by atoms with E-state index in [2.05, 4.69) is 51.3 Å². The lowest BCUT2D eigenvalue weighted by molar-refractivity contribution is 0.0374. The van der Waals surface area contributed by atoms with Crippen LogP contribution in [0, 0.1) is 0 Å². The SMILES string of the molecule is Clc1cccc(Cn2cc(CNCCCN3CCOCC3)c3ccccc32)c1. The molecule has 1 N–H and O–H groups in total. The second-order valence-corrected chi connectivity index (χ2v) is 7.85. The van der Waals surface area contributed by atoms with Crippen LogP contribution in [0.2, 0.25) is 5.02 Å². The number of hydrogen-bond donors (Lipinski definition) is 1. The maximum absolute atomic E-state index is 6.16. The largest absolute Gasteiger partial charge is 0.379 e. The van der Waals surface area contributed by atoms with Gasteiger partial charge in [0.2, 0.25) is 0 Å². The first-order chi connectivity index (χ1) is 13.8. The lowest BCUT2D eigenvalue weighted by Crippen LogP contribution is -2.37. The van der Waals surface area contributed by atoms with E-state index in [1.165, 1.54) is 28.5 Å². The van der Waals surface area contributed by atoms with Crippen molar-refractivity contribution in [3.05, 3.63) is 70.9 Å². The molecule has 4 nitrogen and oxygen atoms in total. The predicted octanol–water partition coefficient (Wildman–Crippen LogP) is 4.15. The van der Waals surface area contributed by atoms with Gasteiger partial charge in [0.1, 0.15) is 0 Å². The minimum atomic E-state index is 0.788. The molecule has 1 aliphatic rings. The zero-order valence-corrected chi connectivity index (χ0v) is 17.0. The summed E-state index contributed by atoms with van der Waals surface area (Å²) in [7, 11) is 0. The van der Waals surface area contributed by atoms with Crippen LogP contribution in [0.5, 0.6) is 0 Å². The van der Waals surface area contributed by atoms with Crippen LogP contribution in [0.25, 0.3) is 10.9 Å². The van der Waals surface area contributed by atoms with Gasteiger partial charge in [0, 0.05) is 48.3 Å². The van der Waals surface area contributed by atoms with Crippen molar-refractivity contribution in [1.82, 2.24) is 14.8 Å². The van der Waals surface area contributed by atoms with E-state index in [4.69, 9.17) is 16.3 Å². The number of para-hydroxylation sites is 1. The summed E-state index contributed by atoms with van der Waals surface area (Å²) in [6.45, 7) is 7.79. The highest BCUT2D eigenvalue weighted by atomic mass is 35.5. The van der Waals surface area contributed by atoms with Crippen LogP contribution < -0.4 is 5.32 Å². The molecule has 0 radical (unpaired) electrons. The van der Waals surface area contributed by atoms with Gasteiger partial charge in [-0.25, -0.2) is 0 Å². The maximum Gasteiger partial charge on any atom is 0.0594 e. The Morgan fingerprint density at radius 1 is 1.04 bits per heavy atom. The van der Waals surface area contributed by atoms with Crippen molar-refractivity contribution in [1.29, 1.82) is 0 Å². The van der Waals surface area contributed by atoms with E-state index < -0.39 is 0 Å². The van der Waals surface area contributed by atoms with Crippen molar-refractivity contribution in [3.8, 4) is 0 Å². The van der Waals surface area contributed by atoms with Gasteiger partial charge in [-0.1, -0.05) is 41.9 Å². The van der Waals surface area contributed by atoms with Crippen LogP contribution in [0.1, 0.15) is 17.5 Å². The Labute approximate surface area is 172 Å². The Balaban J connectivity index is 1.37. The Hall–Kier alpha value is -1.85. The summed E-state index contributed by atoms with van der Waals surface area (Å²) in [5, 5.41) is 5.74. The van der Waals surface area contributed by atoms with E-state index in [1.807, 2.05) is 18.2 Å². The average Bonchev–Trinajstić information content (AvgIpc) is 3.06. The molecule has 28 heavy (non-hydrogen) atoms. The quantitative estimate of drug-likeness (QED) is 0.579. The minimum absolute atomic E-state index is 0.788. The van der Waals surface area contributed by atoms with Crippen molar-refractivity contribution in [3.63, 3.8) is 0 Å². The summed E-state index contributed by atoms with van der Waals surface area (Å²) in [6, 6.07) is 16.7. The summed E-state index contributed by atoms with van der Waals surface area (Å²) in [6.07, 6.45) is 3.45. The van der Waals surface area contributed by atoms with Crippen LogP contribution >= 0.6 is 11.6 Å². The van der Waals surface area contributed by atoms with E-state index in [-0.39, 0.29) is 0 Å². The summed E-state index contributed by atoms with van der Waals surface area (Å²) in [5.74, 6) is 0. The fraction of sp³-hybridized carbons (Fsp3) is 0.391. The van der Waals surface area contributed by atoms with Crippen LogP contribution in [0.4, 0.5) is 0 Å². The Bertz CT molecular complexity index is 902. The van der Waals surface area contributed by atoms with Crippen LogP contribution in [0.15, 0.2) is 54.7 Å². The third-order valence-corrected chi connectivity index (χ3v) is 5.60. The number of fused-ring (bicyclic) bond motifs is 1. The molecule has 148 valence electrons. The second-order valence-electron chi connectivity index (χ2n) is 7.41. The normalized spacial score (nSPS) is 15.3. The molecule has 1 aromatic heterocycles. The molecular formula is C23H28ClN3O. The average molecular weight is 398 g/mol. The zero-order chi connectivity index (χ0) is 19.2. The van der Waals surface area contributed by atoms with Gasteiger partial charge in [0.15, 0.2) is 0 Å². The molecule has 2 aromatic carbocycles. The number of halogens is 1. The maximum atomic E-state index is 6.16. The predicted molar refractivity (Wildman–Crippen MR) is 116 cm³/mol. The van der Waals surface area contributed by atoms with Gasteiger partial charge in [0.25, 0.3) is 0 Å². The minimum Gasteiger partial charge on any atom is -0.379 e. The highest BCUT2D eigenvalue weighted by molar-refractivity contribution is 6.30. The summed E-state index contributed by atoms with van der Waals surface area (Å²) < 4.78 is 7.74. The number of ether oxygens (including phenoxy) is 1. The molecule has 4 rings (SSSR count). The molecule has 1 saturated heterocycles. The number of nitrogens with zero attached hydrogens (tertiary/aromatic N) is 2. The van der Waals surface area contributed by atoms with Gasteiger partial charge in [-0.15, -0.1) is 0 Å². The van der Waals surface area contributed by atoms with Crippen LogP contribution in [-0.4, -0.2) is 48.9 Å². The molecule has 5 heteroatoms. The van der Waals surface area contributed by atoms with E-state index in [9.17, 15) is 0 Å². The Morgan fingerprint density at radius 3 is 2.75 bits per heavy atom. The fourth-order valence-electron chi connectivity index (χ4n) is 3.90. The van der Waals surface area contributed by atoms with Crippen molar-refractivity contribution < 1.29 is 4.74 Å². The van der Waals surface area contributed by atoms with E-state index in [1.54, 1.807) is 0 Å². The highest BCUT2D eigenvalue weighted by Crippen LogP contribution is 2.23. The van der Waals surface area contributed by atoms with Gasteiger partial charge in [-0.3, -0.25) is 4.90 Å². The molecule has 3 aromatic rings. The van der Waals surface area contributed by atoms with Gasteiger partial charge in [-0.05, 0) is 48.8 Å². The van der Waals surface area contributed by atoms with Crippen LogP contribution in [-0.2, 0) is 17.8 Å². The van der Waals surface area contributed by atoms with Crippen molar-refractivity contribution in [2.45, 2.75) is 19.5 Å². The lowest BCUT2D eigenvalue weighted by atomic mass is 10.2. The highest BCUT2D eigenvalue weighted by Gasteiger charge is 2.10. The van der Waals surface area contributed by atoms with Crippen molar-refractivity contribution >= 4 is 22.5 Å². The first-order valence-corrected chi connectivity index (χ1v) is 10.5. The molecule has 0 unspecified atom stereocenters. The van der Waals surface area contributed by atoms with E-state index in [0.29, 0.717) is 0 Å². The van der Waals surface area contributed by atoms with Crippen molar-refractivity contribution in [2.75, 3.05) is 39.4 Å². The number of aromatic nitrogens is 1. The Morgan fingerprint density at radius 2 is 1.89 bits per heavy atom. The zero-order valence-electron chi connectivity index (χ0n) is 16.2. The summed E-state index contributed by atoms with van der Waals surface area (Å²) >= 11 is 6.16. The molecule has 1 aliphatic heterocycles. The Kier molecular flexibility index (Phi) is 6.65. The number of benzene rings is 2. The second kappa shape index (κ2) is 9.57. The number of rotatable bonds is 8. The van der Waals surface area contributed by atoms with Gasteiger partial charge >= 0.3 is 0 Å². The third kappa shape index (κ3) is 4.95. The summed E-state index contributed by atoms with van der Waals surface area (Å²) in [5.41, 5.74) is 3.84. The molecule has 1 fully saturated rings. The van der Waals surface area contributed by atoms with Gasteiger partial charge in [0.05, 0.1) is 13.2 Å². The van der Waals surface area contributed by atoms with Crippen LogP contribution in [0.3, 0.4) is 0 Å². The molecule has 0 spiro atoms. The first-order valence-electron chi connectivity index (χ1n) is 10.1. The molecule has 0 saturated carbocycles. The number of morpholine rings is 1. The van der Waals surface area contributed by atoms with E-state index in [0.717, 1.165) is 57.5 Å². The van der Waals surface area contributed by atoms with Gasteiger partial charge in [-0.2, -0.15) is 0 Å². The molecule has 0 atom stereocenters. The monoisotopic (exact) mass is 397 g/mol. The lowest BCUT2D eigenvalue weighted by Gasteiger charge is -2.26.